The summed E-state index contributed by atoms with van der Waals surface area (Å²) in [6.07, 6.45) is 1.15. The summed E-state index contributed by atoms with van der Waals surface area (Å²) in [4.78, 5) is 12.3. The molecule has 0 bridgehead atoms. The highest BCUT2D eigenvalue weighted by Crippen LogP contribution is 2.32. The fourth-order valence-electron chi connectivity index (χ4n) is 2.68. The molecule has 1 aliphatic heterocycles. The summed E-state index contributed by atoms with van der Waals surface area (Å²) in [5.74, 6) is 0.820. The van der Waals surface area contributed by atoms with Gasteiger partial charge in [0.15, 0.2) is 11.5 Å². The van der Waals surface area contributed by atoms with E-state index in [0.717, 1.165) is 11.8 Å². The van der Waals surface area contributed by atoms with Crippen LogP contribution in [-0.2, 0) is 10.0 Å². The molecule has 8 heteroatoms. The Bertz CT molecular complexity index is 927. The molecular formula is C18H20N2O5S. The van der Waals surface area contributed by atoms with Crippen LogP contribution in [0.4, 0.5) is 5.69 Å². The molecule has 7 nitrogen and oxygen atoms in total. The smallest absolute Gasteiger partial charge is 0.251 e. The van der Waals surface area contributed by atoms with E-state index in [-0.39, 0.29) is 25.8 Å². The van der Waals surface area contributed by atoms with Gasteiger partial charge < -0.3 is 14.8 Å². The Morgan fingerprint density at radius 3 is 2.65 bits per heavy atom. The van der Waals surface area contributed by atoms with Gasteiger partial charge in [-0.1, -0.05) is 12.1 Å². The van der Waals surface area contributed by atoms with Crippen molar-refractivity contribution in [1.82, 2.24) is 5.32 Å². The quantitative estimate of drug-likeness (QED) is 0.833. The van der Waals surface area contributed by atoms with Gasteiger partial charge in [-0.05, 0) is 42.8 Å². The van der Waals surface area contributed by atoms with Gasteiger partial charge in [-0.2, -0.15) is 0 Å². The lowest BCUT2D eigenvalue weighted by molar-refractivity contribution is 0.0954. The molecule has 0 saturated heterocycles. The molecule has 26 heavy (non-hydrogen) atoms. The molecule has 0 aromatic heterocycles. The number of rotatable bonds is 6. The summed E-state index contributed by atoms with van der Waals surface area (Å²) in [6.45, 7) is 2.35. The summed E-state index contributed by atoms with van der Waals surface area (Å²) < 4.78 is 35.9. The number of ether oxygens (including phenoxy) is 2. The van der Waals surface area contributed by atoms with Crippen molar-refractivity contribution >= 4 is 21.6 Å². The van der Waals surface area contributed by atoms with Crippen molar-refractivity contribution in [3.8, 4) is 11.5 Å². The zero-order chi connectivity index (χ0) is 18.7. The van der Waals surface area contributed by atoms with E-state index in [9.17, 15) is 13.2 Å². The zero-order valence-electron chi connectivity index (χ0n) is 14.6. The monoisotopic (exact) mass is 376 g/mol. The van der Waals surface area contributed by atoms with Crippen molar-refractivity contribution in [2.24, 2.45) is 0 Å². The van der Waals surface area contributed by atoms with Gasteiger partial charge in [-0.15, -0.1) is 0 Å². The maximum absolute atomic E-state index is 12.3. The summed E-state index contributed by atoms with van der Waals surface area (Å²) in [6, 6.07) is 12.1. The Kier molecular flexibility index (Phi) is 5.03. The van der Waals surface area contributed by atoms with Crippen LogP contribution in [0.3, 0.4) is 0 Å². The normalized spacial score (nSPS) is 12.7. The largest absolute Gasteiger partial charge is 0.454 e. The average molecular weight is 376 g/mol. The third kappa shape index (κ3) is 4.08. The highest BCUT2D eigenvalue weighted by atomic mass is 32.2. The lowest BCUT2D eigenvalue weighted by Crippen LogP contribution is -2.38. The minimum Gasteiger partial charge on any atom is -0.454 e. The van der Waals surface area contributed by atoms with E-state index in [2.05, 4.69) is 5.32 Å². The van der Waals surface area contributed by atoms with Gasteiger partial charge in [0, 0.05) is 12.1 Å². The van der Waals surface area contributed by atoms with E-state index in [4.69, 9.17) is 9.47 Å². The van der Waals surface area contributed by atoms with Crippen LogP contribution in [0.25, 0.3) is 0 Å². The fraction of sp³-hybridized carbons (Fsp3) is 0.278. The van der Waals surface area contributed by atoms with Crippen molar-refractivity contribution in [1.29, 1.82) is 0 Å². The van der Waals surface area contributed by atoms with Gasteiger partial charge in [0.1, 0.15) is 0 Å². The second kappa shape index (κ2) is 7.25. The third-order valence-electron chi connectivity index (χ3n) is 3.93. The Morgan fingerprint density at radius 1 is 1.15 bits per heavy atom. The molecule has 3 rings (SSSR count). The van der Waals surface area contributed by atoms with Crippen LogP contribution < -0.4 is 19.1 Å². The molecule has 0 saturated carbocycles. The number of anilines is 1. The number of hydrogen-bond acceptors (Lipinski definition) is 5. The van der Waals surface area contributed by atoms with E-state index >= 15 is 0 Å². The summed E-state index contributed by atoms with van der Waals surface area (Å²) in [5.41, 5.74) is 1.96. The van der Waals surface area contributed by atoms with E-state index in [0.29, 0.717) is 22.7 Å². The molecule has 0 radical (unpaired) electrons. The fourth-order valence-corrected chi connectivity index (χ4v) is 3.60. The first-order valence-electron chi connectivity index (χ1n) is 8.07. The number of hydrogen-bond donors (Lipinski definition) is 1. The van der Waals surface area contributed by atoms with Gasteiger partial charge in [-0.3, -0.25) is 9.10 Å². The molecule has 1 heterocycles. The SMILES string of the molecule is Cc1cccc(N(CCNC(=O)c2ccc3c(c2)OCO3)S(C)(=O)=O)c1. The van der Waals surface area contributed by atoms with Crippen molar-refractivity contribution in [3.05, 3.63) is 53.6 Å². The Labute approximate surface area is 152 Å². The molecule has 138 valence electrons. The number of nitrogens with one attached hydrogen (secondary N) is 1. The number of sulfonamides is 1. The van der Waals surface area contributed by atoms with E-state index in [1.807, 2.05) is 13.0 Å². The predicted octanol–water partition coefficient (Wildman–Crippen LogP) is 1.92. The Hall–Kier alpha value is -2.74. The number of nitrogens with zero attached hydrogens (tertiary/aromatic N) is 1. The standard InChI is InChI=1S/C18H20N2O5S/c1-13-4-3-5-15(10-13)20(26(2,22)23)9-8-19-18(21)14-6-7-16-17(11-14)25-12-24-16/h3-7,10-11H,8-9,12H2,1-2H3,(H,19,21). The summed E-state index contributed by atoms with van der Waals surface area (Å²) in [5, 5.41) is 2.74. The summed E-state index contributed by atoms with van der Waals surface area (Å²) in [7, 11) is -3.46. The second-order valence-corrected chi connectivity index (χ2v) is 7.90. The van der Waals surface area contributed by atoms with Gasteiger partial charge in [0.05, 0.1) is 18.5 Å². The average Bonchev–Trinajstić information content (AvgIpc) is 3.05. The first-order chi connectivity index (χ1) is 12.3. The van der Waals surface area contributed by atoms with Gasteiger partial charge in [0.2, 0.25) is 16.8 Å². The van der Waals surface area contributed by atoms with Crippen molar-refractivity contribution < 1.29 is 22.7 Å². The molecule has 0 aliphatic carbocycles. The maximum Gasteiger partial charge on any atom is 0.251 e. The van der Waals surface area contributed by atoms with Gasteiger partial charge in [-0.25, -0.2) is 8.42 Å². The molecule has 2 aromatic carbocycles. The van der Waals surface area contributed by atoms with Crippen molar-refractivity contribution in [3.63, 3.8) is 0 Å². The van der Waals surface area contributed by atoms with Crippen LogP contribution in [0.15, 0.2) is 42.5 Å². The van der Waals surface area contributed by atoms with E-state index in [1.54, 1.807) is 36.4 Å². The van der Waals surface area contributed by atoms with E-state index < -0.39 is 10.0 Å². The van der Waals surface area contributed by atoms with Gasteiger partial charge in [0.25, 0.3) is 5.91 Å². The van der Waals surface area contributed by atoms with Gasteiger partial charge >= 0.3 is 0 Å². The maximum atomic E-state index is 12.3. The summed E-state index contributed by atoms with van der Waals surface area (Å²) >= 11 is 0. The van der Waals surface area contributed by atoms with E-state index in [1.165, 1.54) is 4.31 Å². The highest BCUT2D eigenvalue weighted by molar-refractivity contribution is 7.92. The molecule has 0 unspecified atom stereocenters. The molecule has 1 amide bonds. The van der Waals surface area contributed by atoms with Crippen LogP contribution in [0.2, 0.25) is 0 Å². The minimum absolute atomic E-state index is 0.137. The molecule has 2 aromatic rings. The number of amides is 1. The number of fused-ring (bicyclic) bond motifs is 1. The molecule has 0 fully saturated rings. The zero-order valence-corrected chi connectivity index (χ0v) is 15.4. The lowest BCUT2D eigenvalue weighted by atomic mass is 10.2. The van der Waals surface area contributed by atoms with Crippen LogP contribution in [-0.4, -0.2) is 40.5 Å². The molecule has 1 aliphatic rings. The first kappa shape index (κ1) is 18.1. The first-order valence-corrected chi connectivity index (χ1v) is 9.91. The van der Waals surface area contributed by atoms with Crippen LogP contribution in [0, 0.1) is 6.92 Å². The lowest BCUT2D eigenvalue weighted by Gasteiger charge is -2.23. The number of carbonyl (C=O) groups excluding carboxylic acids is 1. The molecule has 1 N–H and O–H groups in total. The minimum atomic E-state index is -3.46. The second-order valence-electron chi connectivity index (χ2n) is 6.00. The van der Waals surface area contributed by atoms with Crippen LogP contribution in [0.5, 0.6) is 11.5 Å². The molecule has 0 atom stereocenters. The Morgan fingerprint density at radius 2 is 1.92 bits per heavy atom. The van der Waals surface area contributed by atoms with Crippen LogP contribution >= 0.6 is 0 Å². The molecule has 0 spiro atoms. The van der Waals surface area contributed by atoms with Crippen LogP contribution in [0.1, 0.15) is 15.9 Å². The third-order valence-corrected chi connectivity index (χ3v) is 5.12. The van der Waals surface area contributed by atoms with Crippen molar-refractivity contribution in [2.75, 3.05) is 30.4 Å². The number of benzene rings is 2. The molecular weight excluding hydrogens is 356 g/mol. The topological polar surface area (TPSA) is 84.9 Å². The highest BCUT2D eigenvalue weighted by Gasteiger charge is 2.19. The van der Waals surface area contributed by atoms with Crippen molar-refractivity contribution in [2.45, 2.75) is 6.92 Å². The number of carbonyl (C=O) groups is 1. The Balaban J connectivity index is 1.65. The number of aryl methyl sites for hydroxylation is 1. The predicted molar refractivity (Wildman–Crippen MR) is 98.3 cm³/mol.